The SMILES string of the molecule is N/C=C(/CCNc1cccc2c1C(=O)N(C1CCC(=O)NC1=O)C2=O)N(N)CCOCCOCCN. The van der Waals surface area contributed by atoms with E-state index in [1.165, 1.54) is 11.2 Å². The van der Waals surface area contributed by atoms with Crippen LogP contribution < -0.4 is 27.9 Å². The molecule has 1 unspecified atom stereocenters. The molecule has 1 aromatic rings. The number of carbonyl (C=O) groups is 4. The second-order valence-electron chi connectivity index (χ2n) is 8.22. The first-order valence-corrected chi connectivity index (χ1v) is 11.8. The average molecular weight is 504 g/mol. The summed E-state index contributed by atoms with van der Waals surface area (Å²) in [5.41, 5.74) is 12.6. The second-order valence-corrected chi connectivity index (χ2v) is 8.22. The first-order valence-electron chi connectivity index (χ1n) is 11.8. The van der Waals surface area contributed by atoms with Crippen molar-refractivity contribution in [2.24, 2.45) is 17.3 Å². The molecule has 0 saturated carbocycles. The van der Waals surface area contributed by atoms with Gasteiger partial charge in [0, 0.05) is 43.5 Å². The molecule has 2 aliphatic heterocycles. The Balaban J connectivity index is 1.54. The number of nitrogens with one attached hydrogen (secondary N) is 2. The van der Waals surface area contributed by atoms with Crippen molar-refractivity contribution >= 4 is 29.3 Å². The third-order valence-electron chi connectivity index (χ3n) is 5.84. The molecule has 13 nitrogen and oxygen atoms in total. The van der Waals surface area contributed by atoms with E-state index in [1.54, 1.807) is 18.2 Å². The summed E-state index contributed by atoms with van der Waals surface area (Å²) in [7, 11) is 0. The van der Waals surface area contributed by atoms with Crippen molar-refractivity contribution in [3.05, 3.63) is 41.2 Å². The topological polar surface area (TPSA) is 195 Å². The Morgan fingerprint density at radius 1 is 1.14 bits per heavy atom. The molecule has 0 aromatic heterocycles. The fourth-order valence-electron chi connectivity index (χ4n) is 4.02. The average Bonchev–Trinajstić information content (AvgIpc) is 3.11. The van der Waals surface area contributed by atoms with Gasteiger partial charge < -0.3 is 31.3 Å². The van der Waals surface area contributed by atoms with Crippen LogP contribution in [0, 0.1) is 0 Å². The number of nitrogens with two attached hydrogens (primary N) is 3. The molecule has 0 aliphatic carbocycles. The Kier molecular flexibility index (Phi) is 9.76. The van der Waals surface area contributed by atoms with Gasteiger partial charge in [-0.25, -0.2) is 5.84 Å². The Labute approximate surface area is 208 Å². The normalized spacial score (nSPS) is 17.9. The number of piperidine rings is 1. The highest BCUT2D eigenvalue weighted by Gasteiger charge is 2.45. The van der Waals surface area contributed by atoms with Gasteiger partial charge in [0.1, 0.15) is 6.04 Å². The number of anilines is 1. The fraction of sp³-hybridized carbons (Fsp3) is 0.478. The summed E-state index contributed by atoms with van der Waals surface area (Å²) in [6, 6.07) is 3.87. The van der Waals surface area contributed by atoms with Gasteiger partial charge in [-0.1, -0.05) is 6.07 Å². The number of amides is 4. The van der Waals surface area contributed by atoms with Crippen LogP contribution in [0.3, 0.4) is 0 Å². The summed E-state index contributed by atoms with van der Waals surface area (Å²) < 4.78 is 10.7. The highest BCUT2D eigenvalue weighted by molar-refractivity contribution is 6.25. The van der Waals surface area contributed by atoms with Gasteiger partial charge in [0.15, 0.2) is 0 Å². The minimum absolute atomic E-state index is 0.0613. The predicted octanol–water partition coefficient (Wildman–Crippen LogP) is -1.14. The van der Waals surface area contributed by atoms with Crippen LogP contribution in [0.5, 0.6) is 0 Å². The summed E-state index contributed by atoms with van der Waals surface area (Å²) in [6.07, 6.45) is 2.00. The Bertz CT molecular complexity index is 1010. The van der Waals surface area contributed by atoms with Crippen molar-refractivity contribution < 1.29 is 28.7 Å². The molecule has 3 rings (SSSR count). The van der Waals surface area contributed by atoms with Gasteiger partial charge in [-0.2, -0.15) is 0 Å². The van der Waals surface area contributed by atoms with Crippen molar-refractivity contribution in [1.29, 1.82) is 0 Å². The molecule has 196 valence electrons. The number of fused-ring (bicyclic) bond motifs is 1. The van der Waals surface area contributed by atoms with Crippen molar-refractivity contribution in [1.82, 2.24) is 15.2 Å². The Hall–Kier alpha value is -3.52. The smallest absolute Gasteiger partial charge is 0.264 e. The Morgan fingerprint density at radius 3 is 2.58 bits per heavy atom. The molecule has 36 heavy (non-hydrogen) atoms. The van der Waals surface area contributed by atoms with Crippen molar-refractivity contribution in [2.75, 3.05) is 51.4 Å². The van der Waals surface area contributed by atoms with Crippen molar-refractivity contribution in [3.8, 4) is 0 Å². The van der Waals surface area contributed by atoms with Crippen LogP contribution in [0.4, 0.5) is 5.69 Å². The summed E-state index contributed by atoms with van der Waals surface area (Å²) >= 11 is 0. The maximum atomic E-state index is 13.2. The zero-order chi connectivity index (χ0) is 26.1. The summed E-state index contributed by atoms with van der Waals surface area (Å²) in [5, 5.41) is 6.83. The molecule has 8 N–H and O–H groups in total. The van der Waals surface area contributed by atoms with Gasteiger partial charge in [-0.15, -0.1) is 0 Å². The van der Waals surface area contributed by atoms with Crippen LogP contribution in [0.2, 0.25) is 0 Å². The largest absolute Gasteiger partial charge is 0.403 e. The van der Waals surface area contributed by atoms with E-state index in [0.29, 0.717) is 63.9 Å². The van der Waals surface area contributed by atoms with Crippen LogP contribution >= 0.6 is 0 Å². The molecular weight excluding hydrogens is 470 g/mol. The van der Waals surface area contributed by atoms with Gasteiger partial charge in [0.2, 0.25) is 11.8 Å². The van der Waals surface area contributed by atoms with E-state index in [9.17, 15) is 19.2 Å². The zero-order valence-corrected chi connectivity index (χ0v) is 20.0. The monoisotopic (exact) mass is 503 g/mol. The molecule has 0 spiro atoms. The van der Waals surface area contributed by atoms with E-state index in [0.717, 1.165) is 4.90 Å². The van der Waals surface area contributed by atoms with Gasteiger partial charge >= 0.3 is 0 Å². The lowest BCUT2D eigenvalue weighted by Crippen LogP contribution is -2.54. The lowest BCUT2D eigenvalue weighted by molar-refractivity contribution is -0.136. The molecule has 2 heterocycles. The number of ether oxygens (including phenoxy) is 2. The first-order chi connectivity index (χ1) is 17.4. The van der Waals surface area contributed by atoms with E-state index in [1.807, 2.05) is 0 Å². The molecule has 2 aliphatic rings. The molecule has 0 bridgehead atoms. The maximum absolute atomic E-state index is 13.2. The number of benzene rings is 1. The van der Waals surface area contributed by atoms with Crippen molar-refractivity contribution in [2.45, 2.75) is 25.3 Å². The predicted molar refractivity (Wildman–Crippen MR) is 130 cm³/mol. The van der Waals surface area contributed by atoms with Gasteiger partial charge in [0.25, 0.3) is 11.8 Å². The quantitative estimate of drug-likeness (QED) is 0.0890. The van der Waals surface area contributed by atoms with Crippen LogP contribution in [-0.2, 0) is 19.1 Å². The van der Waals surface area contributed by atoms with Crippen molar-refractivity contribution in [3.63, 3.8) is 0 Å². The molecule has 4 amide bonds. The molecule has 1 fully saturated rings. The molecular formula is C23H33N7O6. The zero-order valence-electron chi connectivity index (χ0n) is 20.0. The first kappa shape index (κ1) is 27.1. The van der Waals surface area contributed by atoms with E-state index in [4.69, 9.17) is 26.8 Å². The number of rotatable bonds is 14. The molecule has 1 saturated heterocycles. The third-order valence-corrected chi connectivity index (χ3v) is 5.84. The molecule has 1 atom stereocenters. The van der Waals surface area contributed by atoms with E-state index >= 15 is 0 Å². The Morgan fingerprint density at radius 2 is 1.89 bits per heavy atom. The molecule has 0 radical (unpaired) electrons. The number of imide groups is 2. The van der Waals surface area contributed by atoms with Crippen LogP contribution in [-0.4, -0.2) is 85.6 Å². The number of hydrogen-bond donors (Lipinski definition) is 5. The number of hydrogen-bond acceptors (Lipinski definition) is 11. The van der Waals surface area contributed by atoms with Gasteiger partial charge in [-0.3, -0.25) is 29.4 Å². The van der Waals surface area contributed by atoms with Gasteiger partial charge in [0.05, 0.1) is 44.1 Å². The summed E-state index contributed by atoms with van der Waals surface area (Å²) in [5.74, 6) is 3.88. The fourth-order valence-corrected chi connectivity index (χ4v) is 4.02. The van der Waals surface area contributed by atoms with E-state index in [-0.39, 0.29) is 24.0 Å². The minimum atomic E-state index is -1.02. The highest BCUT2D eigenvalue weighted by atomic mass is 16.5. The standard InChI is InChI=1S/C23H33N7O6/c24-7-10-35-12-13-36-11-9-29(26)15(14-25)6-8-27-17-3-1-2-16-20(17)23(34)30(22(16)33)18-4-5-19(31)28-21(18)32/h1-3,14,18,27H,4-13,24-26H2,(H,28,31,32)/b15-14-. The van der Waals surface area contributed by atoms with E-state index in [2.05, 4.69) is 10.6 Å². The summed E-state index contributed by atoms with van der Waals surface area (Å²) in [6.45, 7) is 3.00. The highest BCUT2D eigenvalue weighted by Crippen LogP contribution is 2.32. The molecule has 13 heteroatoms. The number of hydrazine groups is 1. The lowest BCUT2D eigenvalue weighted by atomic mass is 10.0. The third kappa shape index (κ3) is 6.37. The lowest BCUT2D eigenvalue weighted by Gasteiger charge is -2.27. The van der Waals surface area contributed by atoms with Crippen LogP contribution in [0.25, 0.3) is 0 Å². The number of nitrogens with zero attached hydrogens (tertiary/aromatic N) is 2. The van der Waals surface area contributed by atoms with Gasteiger partial charge in [-0.05, 0) is 18.6 Å². The maximum Gasteiger partial charge on any atom is 0.264 e. The van der Waals surface area contributed by atoms with Crippen LogP contribution in [0.1, 0.15) is 40.0 Å². The van der Waals surface area contributed by atoms with E-state index < -0.39 is 29.7 Å². The summed E-state index contributed by atoms with van der Waals surface area (Å²) in [4.78, 5) is 50.8. The second kappa shape index (κ2) is 13.0. The van der Waals surface area contributed by atoms with Crippen LogP contribution in [0.15, 0.2) is 30.1 Å². The molecule has 1 aromatic carbocycles. The number of carbonyl (C=O) groups excluding carboxylic acids is 4. The minimum Gasteiger partial charge on any atom is -0.403 e.